The van der Waals surface area contributed by atoms with Crippen LogP contribution in [0.2, 0.25) is 0 Å². The highest BCUT2D eigenvalue weighted by molar-refractivity contribution is 5.92. The monoisotopic (exact) mass is 322 g/mol. The quantitative estimate of drug-likeness (QED) is 0.505. The summed E-state index contributed by atoms with van der Waals surface area (Å²) >= 11 is 0. The van der Waals surface area contributed by atoms with Crippen molar-refractivity contribution in [3.05, 3.63) is 23.8 Å². The lowest BCUT2D eigenvalue weighted by atomic mass is 10.2. The van der Waals surface area contributed by atoms with Gasteiger partial charge in [0.1, 0.15) is 12.4 Å². The Labute approximate surface area is 137 Å². The van der Waals surface area contributed by atoms with Crippen molar-refractivity contribution in [1.29, 1.82) is 0 Å². The molecule has 128 valence electrons. The van der Waals surface area contributed by atoms with Gasteiger partial charge in [0.15, 0.2) is 0 Å². The first-order valence-corrected chi connectivity index (χ1v) is 7.81. The minimum Gasteiger partial charge on any atom is -0.506 e. The van der Waals surface area contributed by atoms with Crippen LogP contribution >= 0.6 is 0 Å². The maximum atomic E-state index is 11.9. The van der Waals surface area contributed by atoms with E-state index in [1.165, 1.54) is 6.07 Å². The molecule has 1 amide bonds. The normalized spacial score (nSPS) is 10.9. The Morgan fingerprint density at radius 2 is 1.91 bits per heavy atom. The van der Waals surface area contributed by atoms with Gasteiger partial charge >= 0.3 is 5.97 Å². The Kier molecular flexibility index (Phi) is 7.54. The van der Waals surface area contributed by atoms with Crippen LogP contribution in [-0.2, 0) is 20.9 Å². The third kappa shape index (κ3) is 7.15. The van der Waals surface area contributed by atoms with Gasteiger partial charge in [-0.15, -0.1) is 0 Å². The minimum atomic E-state index is -0.288. The van der Waals surface area contributed by atoms with E-state index < -0.39 is 0 Å². The summed E-state index contributed by atoms with van der Waals surface area (Å²) < 4.78 is 5.14. The van der Waals surface area contributed by atoms with Crippen LogP contribution in [0.5, 0.6) is 5.75 Å². The van der Waals surface area contributed by atoms with E-state index in [4.69, 9.17) is 4.74 Å². The van der Waals surface area contributed by atoms with Crippen molar-refractivity contribution in [1.82, 2.24) is 5.32 Å². The highest BCUT2D eigenvalue weighted by Gasteiger charge is 2.11. The molecule has 1 aromatic rings. The predicted octanol–water partition coefficient (Wildman–Crippen LogP) is 2.42. The summed E-state index contributed by atoms with van der Waals surface area (Å²) in [4.78, 5) is 23.3. The third-order valence-corrected chi connectivity index (χ3v) is 3.09. The fourth-order valence-electron chi connectivity index (χ4n) is 1.78. The molecular formula is C17H26N2O4. The van der Waals surface area contributed by atoms with Gasteiger partial charge in [0.25, 0.3) is 0 Å². The fourth-order valence-corrected chi connectivity index (χ4v) is 1.78. The van der Waals surface area contributed by atoms with Gasteiger partial charge < -0.3 is 20.5 Å². The van der Waals surface area contributed by atoms with Crippen LogP contribution in [0.4, 0.5) is 5.69 Å². The Morgan fingerprint density at radius 3 is 2.52 bits per heavy atom. The van der Waals surface area contributed by atoms with Gasteiger partial charge in [0.05, 0.1) is 11.6 Å². The number of anilines is 1. The lowest BCUT2D eigenvalue weighted by Crippen LogP contribution is -2.27. The Hall–Kier alpha value is -2.08. The van der Waals surface area contributed by atoms with Crippen LogP contribution in [0.3, 0.4) is 0 Å². The molecular weight excluding hydrogens is 296 g/mol. The second-order valence-corrected chi connectivity index (χ2v) is 6.02. The number of phenolic OH excluding ortho intramolecular Hbond substituents is 1. The molecule has 1 rings (SSSR count). The zero-order valence-corrected chi connectivity index (χ0v) is 14.2. The number of amides is 1. The number of carbonyl (C=O) groups excluding carboxylic acids is 2. The average molecular weight is 322 g/mol. The van der Waals surface area contributed by atoms with Crippen LogP contribution in [0.25, 0.3) is 0 Å². The first-order chi connectivity index (χ1) is 10.8. The fraction of sp³-hybridized carbons (Fsp3) is 0.529. The Morgan fingerprint density at radius 1 is 1.22 bits per heavy atom. The van der Waals surface area contributed by atoms with E-state index in [2.05, 4.69) is 10.6 Å². The van der Waals surface area contributed by atoms with E-state index >= 15 is 0 Å². The van der Waals surface area contributed by atoms with E-state index in [0.717, 1.165) is 0 Å². The molecule has 0 aliphatic heterocycles. The number of hydrogen-bond acceptors (Lipinski definition) is 5. The molecule has 6 nitrogen and oxygen atoms in total. The molecule has 0 heterocycles. The second-order valence-electron chi connectivity index (χ2n) is 6.02. The summed E-state index contributed by atoms with van der Waals surface area (Å²) in [5.74, 6) is -0.693. The van der Waals surface area contributed by atoms with E-state index in [-0.39, 0.29) is 30.2 Å². The van der Waals surface area contributed by atoms with Crippen molar-refractivity contribution in [2.24, 2.45) is 5.92 Å². The van der Waals surface area contributed by atoms with E-state index in [0.29, 0.717) is 30.3 Å². The maximum Gasteiger partial charge on any atom is 0.308 e. The van der Waals surface area contributed by atoms with Gasteiger partial charge in [0.2, 0.25) is 5.91 Å². The SMILES string of the molecule is CC(C)NCCC(=O)Nc1cc(COC(=O)C(C)C)ccc1O. The molecule has 0 spiro atoms. The van der Waals surface area contributed by atoms with Crippen LogP contribution in [0.1, 0.15) is 39.7 Å². The van der Waals surface area contributed by atoms with Crippen LogP contribution in [0.15, 0.2) is 18.2 Å². The minimum absolute atomic E-state index is 0.0193. The molecule has 0 saturated carbocycles. The van der Waals surface area contributed by atoms with E-state index in [9.17, 15) is 14.7 Å². The Balaban J connectivity index is 2.59. The highest BCUT2D eigenvalue weighted by atomic mass is 16.5. The largest absolute Gasteiger partial charge is 0.506 e. The maximum absolute atomic E-state index is 11.9. The number of carbonyl (C=O) groups is 2. The van der Waals surface area contributed by atoms with Crippen molar-refractivity contribution in [2.45, 2.75) is 46.8 Å². The molecule has 0 saturated heterocycles. The second kappa shape index (κ2) is 9.15. The highest BCUT2D eigenvalue weighted by Crippen LogP contribution is 2.24. The molecule has 0 aliphatic rings. The molecule has 0 unspecified atom stereocenters. The van der Waals surface area contributed by atoms with Crippen molar-refractivity contribution in [3.8, 4) is 5.75 Å². The van der Waals surface area contributed by atoms with Crippen molar-refractivity contribution < 1.29 is 19.4 Å². The van der Waals surface area contributed by atoms with Crippen molar-refractivity contribution in [2.75, 3.05) is 11.9 Å². The number of rotatable bonds is 8. The van der Waals surface area contributed by atoms with Gasteiger partial charge in [-0.3, -0.25) is 9.59 Å². The van der Waals surface area contributed by atoms with Crippen molar-refractivity contribution >= 4 is 17.6 Å². The zero-order chi connectivity index (χ0) is 17.4. The molecule has 1 aromatic carbocycles. The summed E-state index contributed by atoms with van der Waals surface area (Å²) in [6.07, 6.45) is 0.310. The lowest BCUT2D eigenvalue weighted by molar-refractivity contribution is -0.148. The number of esters is 1. The molecule has 6 heteroatoms. The standard InChI is InChI=1S/C17H26N2O4/c1-11(2)17(22)23-10-13-5-6-15(20)14(9-13)19-16(21)7-8-18-12(3)4/h5-6,9,11-12,18,20H,7-8,10H2,1-4H3,(H,19,21). The molecule has 0 atom stereocenters. The summed E-state index contributed by atoms with van der Waals surface area (Å²) in [6, 6.07) is 5.05. The molecule has 0 bridgehead atoms. The van der Waals surface area contributed by atoms with Gasteiger partial charge in [-0.05, 0) is 17.7 Å². The molecule has 3 N–H and O–H groups in total. The van der Waals surface area contributed by atoms with E-state index in [1.807, 2.05) is 13.8 Å². The van der Waals surface area contributed by atoms with Crippen LogP contribution in [0, 0.1) is 5.92 Å². The van der Waals surface area contributed by atoms with Crippen LogP contribution < -0.4 is 10.6 Å². The van der Waals surface area contributed by atoms with Crippen molar-refractivity contribution in [3.63, 3.8) is 0 Å². The molecule has 23 heavy (non-hydrogen) atoms. The number of nitrogens with one attached hydrogen (secondary N) is 2. The average Bonchev–Trinajstić information content (AvgIpc) is 2.47. The van der Waals surface area contributed by atoms with E-state index in [1.54, 1.807) is 26.0 Å². The van der Waals surface area contributed by atoms with Crippen LogP contribution in [-0.4, -0.2) is 29.6 Å². The summed E-state index contributed by atoms with van der Waals surface area (Å²) in [5.41, 5.74) is 1.02. The third-order valence-electron chi connectivity index (χ3n) is 3.09. The van der Waals surface area contributed by atoms with Gasteiger partial charge in [-0.25, -0.2) is 0 Å². The summed E-state index contributed by atoms with van der Waals surface area (Å²) in [5, 5.41) is 15.6. The number of ether oxygens (including phenoxy) is 1. The molecule has 0 fully saturated rings. The van der Waals surface area contributed by atoms with Gasteiger partial charge in [-0.1, -0.05) is 33.8 Å². The number of benzene rings is 1. The lowest BCUT2D eigenvalue weighted by Gasteiger charge is -2.12. The summed E-state index contributed by atoms with van der Waals surface area (Å²) in [7, 11) is 0. The molecule has 0 aliphatic carbocycles. The number of aromatic hydroxyl groups is 1. The van der Waals surface area contributed by atoms with Gasteiger partial charge in [0, 0.05) is 19.0 Å². The van der Waals surface area contributed by atoms with Gasteiger partial charge in [-0.2, -0.15) is 0 Å². The number of phenols is 1. The molecule has 0 aromatic heterocycles. The molecule has 0 radical (unpaired) electrons. The first kappa shape index (κ1) is 19.0. The number of hydrogen-bond donors (Lipinski definition) is 3. The smallest absolute Gasteiger partial charge is 0.308 e. The first-order valence-electron chi connectivity index (χ1n) is 7.81. The predicted molar refractivity (Wildman–Crippen MR) is 89.1 cm³/mol. The Bertz CT molecular complexity index is 541. The zero-order valence-electron chi connectivity index (χ0n) is 14.2. The summed E-state index contributed by atoms with van der Waals surface area (Å²) in [6.45, 7) is 8.20. The topological polar surface area (TPSA) is 87.7 Å².